The minimum Gasteiger partial charge on any atom is -0.423 e. The van der Waals surface area contributed by atoms with Crippen LogP contribution in [0.15, 0.2) is 30.3 Å². The van der Waals surface area contributed by atoms with Crippen LogP contribution in [0.5, 0.6) is 5.75 Å². The van der Waals surface area contributed by atoms with E-state index >= 15 is 0 Å². The lowest BCUT2D eigenvalue weighted by atomic mass is 10.1. The number of carbonyl (C=O) groups excluding carboxylic acids is 2. The molecule has 1 rings (SSSR count). The van der Waals surface area contributed by atoms with Gasteiger partial charge in [-0.1, -0.05) is 32.0 Å². The highest BCUT2D eigenvalue weighted by molar-refractivity contribution is 5.86. The lowest BCUT2D eigenvalue weighted by Gasteiger charge is -2.13. The van der Waals surface area contributed by atoms with E-state index in [9.17, 15) is 9.59 Å². The van der Waals surface area contributed by atoms with Crippen molar-refractivity contribution >= 4 is 11.9 Å². The molecule has 0 bridgehead atoms. The number of hydrogen-bond donors (Lipinski definition) is 0. The van der Waals surface area contributed by atoms with Crippen molar-refractivity contribution in [2.45, 2.75) is 26.9 Å². The average Bonchev–Trinajstić information content (AvgIpc) is 2.28. The van der Waals surface area contributed by atoms with Gasteiger partial charge in [0.05, 0.1) is 0 Å². The van der Waals surface area contributed by atoms with Gasteiger partial charge in [-0.15, -0.1) is 0 Å². The van der Waals surface area contributed by atoms with Crippen molar-refractivity contribution in [2.75, 3.05) is 0 Å². The number of ether oxygens (including phenoxy) is 2. The Morgan fingerprint density at radius 1 is 1.06 bits per heavy atom. The Morgan fingerprint density at radius 3 is 2.18 bits per heavy atom. The molecule has 0 amide bonds. The van der Waals surface area contributed by atoms with Gasteiger partial charge in [-0.2, -0.15) is 0 Å². The van der Waals surface area contributed by atoms with Gasteiger partial charge < -0.3 is 9.47 Å². The van der Waals surface area contributed by atoms with Crippen molar-refractivity contribution in [1.82, 2.24) is 0 Å². The molecule has 0 spiro atoms. The van der Waals surface area contributed by atoms with E-state index in [0.29, 0.717) is 5.75 Å². The number of benzene rings is 1. The summed E-state index contributed by atoms with van der Waals surface area (Å²) in [5, 5.41) is 0. The second-order valence-corrected chi connectivity index (χ2v) is 3.98. The van der Waals surface area contributed by atoms with Crippen molar-refractivity contribution in [1.29, 1.82) is 0 Å². The smallest absolute Gasteiger partial charge is 0.423 e. The van der Waals surface area contributed by atoms with Crippen LogP contribution in [0.4, 0.5) is 4.79 Å². The number of ketones is 1. The zero-order valence-electron chi connectivity index (χ0n) is 10.2. The topological polar surface area (TPSA) is 52.6 Å². The Morgan fingerprint density at radius 2 is 1.65 bits per heavy atom. The van der Waals surface area contributed by atoms with E-state index in [-0.39, 0.29) is 11.7 Å². The van der Waals surface area contributed by atoms with E-state index in [1.807, 2.05) is 6.07 Å². The molecule has 1 atom stereocenters. The predicted molar refractivity (Wildman–Crippen MR) is 62.9 cm³/mol. The number of Topliss-reactive ketones (excluding diaryl/α,β-unsaturated/α-hetero) is 1. The molecule has 92 valence electrons. The Kier molecular flexibility index (Phi) is 4.69. The molecule has 0 fully saturated rings. The van der Waals surface area contributed by atoms with Crippen LogP contribution in [0.25, 0.3) is 0 Å². The molecular weight excluding hydrogens is 220 g/mol. The Labute approximate surface area is 101 Å². The molecule has 4 heteroatoms. The first kappa shape index (κ1) is 13.2. The van der Waals surface area contributed by atoms with Gasteiger partial charge >= 0.3 is 6.16 Å². The second-order valence-electron chi connectivity index (χ2n) is 3.98. The van der Waals surface area contributed by atoms with Crippen LogP contribution in [0, 0.1) is 5.92 Å². The first-order valence-corrected chi connectivity index (χ1v) is 5.48. The van der Waals surface area contributed by atoms with Gasteiger partial charge in [-0.05, 0) is 19.1 Å². The van der Waals surface area contributed by atoms with E-state index in [4.69, 9.17) is 9.47 Å². The molecule has 0 aliphatic heterocycles. The van der Waals surface area contributed by atoms with Crippen molar-refractivity contribution in [2.24, 2.45) is 5.92 Å². The van der Waals surface area contributed by atoms with Crippen LogP contribution in [-0.4, -0.2) is 18.0 Å². The van der Waals surface area contributed by atoms with Crippen molar-refractivity contribution < 1.29 is 19.1 Å². The highest BCUT2D eigenvalue weighted by Gasteiger charge is 2.21. The molecule has 0 N–H and O–H groups in total. The van der Waals surface area contributed by atoms with Crippen LogP contribution in [-0.2, 0) is 9.53 Å². The quantitative estimate of drug-likeness (QED) is 0.595. The fraction of sp³-hybridized carbons (Fsp3) is 0.385. The molecule has 0 unspecified atom stereocenters. The first-order chi connectivity index (χ1) is 8.00. The lowest BCUT2D eigenvalue weighted by molar-refractivity contribution is -0.130. The van der Waals surface area contributed by atoms with Crippen molar-refractivity contribution in [3.05, 3.63) is 30.3 Å². The Bertz CT molecular complexity index is 384. The third-order valence-electron chi connectivity index (χ3n) is 2.19. The largest absolute Gasteiger partial charge is 0.514 e. The zero-order chi connectivity index (χ0) is 12.8. The van der Waals surface area contributed by atoms with Gasteiger partial charge in [-0.3, -0.25) is 4.79 Å². The highest BCUT2D eigenvalue weighted by Crippen LogP contribution is 2.11. The molecule has 0 aromatic heterocycles. The minimum absolute atomic E-state index is 0.130. The summed E-state index contributed by atoms with van der Waals surface area (Å²) in [5.74, 6) is 0.0891. The maximum absolute atomic E-state index is 11.5. The number of para-hydroxylation sites is 1. The van der Waals surface area contributed by atoms with Gasteiger partial charge in [0, 0.05) is 5.92 Å². The zero-order valence-corrected chi connectivity index (χ0v) is 10.2. The van der Waals surface area contributed by atoms with E-state index in [1.54, 1.807) is 38.1 Å². The molecule has 0 saturated heterocycles. The molecule has 1 aromatic rings. The molecule has 17 heavy (non-hydrogen) atoms. The third kappa shape index (κ3) is 4.26. The third-order valence-corrected chi connectivity index (χ3v) is 2.19. The molecule has 0 radical (unpaired) electrons. The van der Waals surface area contributed by atoms with Crippen LogP contribution in [0.2, 0.25) is 0 Å². The molecule has 1 aromatic carbocycles. The van der Waals surface area contributed by atoms with Crippen LogP contribution in [0.1, 0.15) is 20.8 Å². The summed E-state index contributed by atoms with van der Waals surface area (Å²) < 4.78 is 9.77. The standard InChI is InChI=1S/C13H16O4/c1-9(2)12(14)10(3)16-13(15)17-11-7-5-4-6-8-11/h4-10H,1-3H3/t10-/m0/s1. The maximum atomic E-state index is 11.5. The summed E-state index contributed by atoms with van der Waals surface area (Å²) in [6, 6.07) is 8.56. The van der Waals surface area contributed by atoms with E-state index < -0.39 is 12.3 Å². The summed E-state index contributed by atoms with van der Waals surface area (Å²) in [4.78, 5) is 22.9. The fourth-order valence-electron chi connectivity index (χ4n) is 1.28. The monoisotopic (exact) mass is 236 g/mol. The normalized spacial score (nSPS) is 12.0. The van der Waals surface area contributed by atoms with E-state index in [1.165, 1.54) is 6.92 Å². The number of carbonyl (C=O) groups is 2. The molecular formula is C13H16O4. The average molecular weight is 236 g/mol. The predicted octanol–water partition coefficient (Wildman–Crippen LogP) is 2.82. The second kappa shape index (κ2) is 6.03. The lowest BCUT2D eigenvalue weighted by Crippen LogP contribution is -2.29. The molecule has 0 heterocycles. The Balaban J connectivity index is 2.48. The molecule has 0 aliphatic carbocycles. The van der Waals surface area contributed by atoms with Crippen LogP contribution in [0.3, 0.4) is 0 Å². The highest BCUT2D eigenvalue weighted by atomic mass is 16.7. The van der Waals surface area contributed by atoms with Crippen molar-refractivity contribution in [3.8, 4) is 5.75 Å². The SMILES string of the molecule is CC(C)C(=O)[C@H](C)OC(=O)Oc1ccccc1. The summed E-state index contributed by atoms with van der Waals surface area (Å²) in [6.07, 6.45) is -1.65. The summed E-state index contributed by atoms with van der Waals surface area (Å²) in [6.45, 7) is 5.05. The van der Waals surface area contributed by atoms with E-state index in [0.717, 1.165) is 0 Å². The van der Waals surface area contributed by atoms with Gasteiger partial charge in [-0.25, -0.2) is 4.79 Å². The summed E-state index contributed by atoms with van der Waals surface area (Å²) in [5.41, 5.74) is 0. The van der Waals surface area contributed by atoms with Crippen LogP contribution >= 0.6 is 0 Å². The molecule has 4 nitrogen and oxygen atoms in total. The summed E-state index contributed by atoms with van der Waals surface area (Å²) >= 11 is 0. The fourth-order valence-corrected chi connectivity index (χ4v) is 1.28. The van der Waals surface area contributed by atoms with Gasteiger partial charge in [0.15, 0.2) is 11.9 Å². The van der Waals surface area contributed by atoms with Crippen molar-refractivity contribution in [3.63, 3.8) is 0 Å². The molecule has 0 saturated carbocycles. The van der Waals surface area contributed by atoms with Gasteiger partial charge in [0.1, 0.15) is 5.75 Å². The van der Waals surface area contributed by atoms with E-state index in [2.05, 4.69) is 0 Å². The van der Waals surface area contributed by atoms with Gasteiger partial charge in [0.25, 0.3) is 0 Å². The van der Waals surface area contributed by atoms with Crippen LogP contribution < -0.4 is 4.74 Å². The molecule has 0 aliphatic rings. The number of rotatable bonds is 4. The first-order valence-electron chi connectivity index (χ1n) is 5.48. The number of hydrogen-bond acceptors (Lipinski definition) is 4. The Hall–Kier alpha value is -1.84. The summed E-state index contributed by atoms with van der Waals surface area (Å²) in [7, 11) is 0. The van der Waals surface area contributed by atoms with Gasteiger partial charge in [0.2, 0.25) is 0 Å². The maximum Gasteiger partial charge on any atom is 0.514 e. The minimum atomic E-state index is -0.863.